The number of carbonyl (C=O) groups excluding carboxylic acids is 2. The largest absolute Gasteiger partial charge is 0.326 e. The Kier molecular flexibility index (Phi) is 6.58. The van der Waals surface area contributed by atoms with Gasteiger partial charge in [0, 0.05) is 34.6 Å². The highest BCUT2D eigenvalue weighted by atomic mass is 32.2. The first-order chi connectivity index (χ1) is 15.5. The molecule has 9 heteroatoms. The van der Waals surface area contributed by atoms with Gasteiger partial charge in [-0.05, 0) is 42.5 Å². The molecule has 2 N–H and O–H groups in total. The molecule has 0 bridgehead atoms. The third-order valence-corrected chi connectivity index (χ3v) is 6.05. The van der Waals surface area contributed by atoms with E-state index in [0.717, 1.165) is 4.90 Å². The van der Waals surface area contributed by atoms with Crippen molar-refractivity contribution in [2.75, 3.05) is 10.6 Å². The van der Waals surface area contributed by atoms with Crippen LogP contribution in [0.1, 0.15) is 17.3 Å². The first-order valence-electron chi connectivity index (χ1n) is 9.52. The third-order valence-electron chi connectivity index (χ3n) is 4.26. The van der Waals surface area contributed by atoms with Crippen molar-refractivity contribution in [3.05, 3.63) is 83.6 Å². The fourth-order valence-corrected chi connectivity index (χ4v) is 4.47. The predicted molar refractivity (Wildman–Crippen MR) is 125 cm³/mol. The maximum Gasteiger partial charge on any atom is 0.260 e. The van der Waals surface area contributed by atoms with Crippen LogP contribution in [-0.4, -0.2) is 21.8 Å². The molecule has 32 heavy (non-hydrogen) atoms. The van der Waals surface area contributed by atoms with E-state index >= 15 is 0 Å². The molecule has 2 heterocycles. The molecule has 4 rings (SSSR count). The molecule has 0 aliphatic heterocycles. The highest BCUT2D eigenvalue weighted by Gasteiger charge is 2.16. The first kappa shape index (κ1) is 21.7. The second kappa shape index (κ2) is 9.71. The number of halogens is 1. The van der Waals surface area contributed by atoms with Crippen LogP contribution in [0.2, 0.25) is 0 Å². The summed E-state index contributed by atoms with van der Waals surface area (Å²) >= 11 is 2.59. The molecule has 0 radical (unpaired) electrons. The third kappa shape index (κ3) is 5.19. The van der Waals surface area contributed by atoms with Gasteiger partial charge in [-0.1, -0.05) is 30.0 Å². The predicted octanol–water partition coefficient (Wildman–Crippen LogP) is 5.71. The number of benzene rings is 2. The van der Waals surface area contributed by atoms with E-state index in [9.17, 15) is 14.0 Å². The van der Waals surface area contributed by atoms with Crippen molar-refractivity contribution in [2.24, 2.45) is 0 Å². The summed E-state index contributed by atoms with van der Waals surface area (Å²) in [5, 5.41) is 7.88. The molecule has 0 atom stereocenters. The monoisotopic (exact) mass is 464 g/mol. The zero-order valence-corrected chi connectivity index (χ0v) is 18.5. The number of hydrogen-bond donors (Lipinski definition) is 2. The number of amides is 2. The lowest BCUT2D eigenvalue weighted by Crippen LogP contribution is -2.13. The van der Waals surface area contributed by atoms with Crippen molar-refractivity contribution in [3.63, 3.8) is 0 Å². The van der Waals surface area contributed by atoms with E-state index in [0.29, 0.717) is 27.1 Å². The lowest BCUT2D eigenvalue weighted by atomic mass is 10.1. The van der Waals surface area contributed by atoms with Gasteiger partial charge in [-0.15, -0.1) is 11.3 Å². The van der Waals surface area contributed by atoms with Crippen LogP contribution in [0, 0.1) is 5.82 Å². The van der Waals surface area contributed by atoms with Gasteiger partial charge in [-0.2, -0.15) is 0 Å². The molecular weight excluding hydrogens is 447 g/mol. The van der Waals surface area contributed by atoms with E-state index in [1.165, 1.54) is 42.2 Å². The van der Waals surface area contributed by atoms with Crippen LogP contribution in [0.5, 0.6) is 0 Å². The molecule has 160 valence electrons. The molecule has 2 amide bonds. The van der Waals surface area contributed by atoms with E-state index in [2.05, 4.69) is 20.6 Å². The normalized spacial score (nSPS) is 10.6. The van der Waals surface area contributed by atoms with Crippen LogP contribution in [-0.2, 0) is 4.79 Å². The topological polar surface area (TPSA) is 84.0 Å². The van der Waals surface area contributed by atoms with Gasteiger partial charge in [0.05, 0.1) is 11.3 Å². The van der Waals surface area contributed by atoms with Gasteiger partial charge >= 0.3 is 0 Å². The van der Waals surface area contributed by atoms with Gasteiger partial charge in [-0.3, -0.25) is 14.9 Å². The molecular formula is C23H17FN4O2S2. The fraction of sp³-hybridized carbons (Fsp3) is 0.0435. The zero-order valence-electron chi connectivity index (χ0n) is 16.8. The fourth-order valence-electron chi connectivity index (χ4n) is 2.87. The number of nitrogens with one attached hydrogen (secondary N) is 2. The van der Waals surface area contributed by atoms with E-state index in [-0.39, 0.29) is 17.4 Å². The molecule has 2 aromatic carbocycles. The maximum atomic E-state index is 14.5. The molecule has 0 spiro atoms. The van der Waals surface area contributed by atoms with Crippen LogP contribution in [0.4, 0.5) is 15.2 Å². The van der Waals surface area contributed by atoms with Gasteiger partial charge in [0.1, 0.15) is 10.8 Å². The first-order valence-corrected chi connectivity index (χ1v) is 11.2. The summed E-state index contributed by atoms with van der Waals surface area (Å²) in [5.41, 5.74) is 1.45. The Balaban J connectivity index is 1.51. The summed E-state index contributed by atoms with van der Waals surface area (Å²) < 4.78 is 14.5. The van der Waals surface area contributed by atoms with E-state index < -0.39 is 5.82 Å². The average Bonchev–Trinajstić information content (AvgIpc) is 3.22. The molecule has 0 aliphatic carbocycles. The quantitative estimate of drug-likeness (QED) is 0.382. The summed E-state index contributed by atoms with van der Waals surface area (Å²) in [6.07, 6.45) is 1.64. The summed E-state index contributed by atoms with van der Waals surface area (Å²) in [7, 11) is 0. The van der Waals surface area contributed by atoms with E-state index in [1.807, 2.05) is 30.3 Å². The van der Waals surface area contributed by atoms with Crippen molar-refractivity contribution in [1.29, 1.82) is 0 Å². The Labute approximate surface area is 191 Å². The summed E-state index contributed by atoms with van der Waals surface area (Å²) in [6.45, 7) is 1.35. The zero-order chi connectivity index (χ0) is 22.5. The number of nitrogens with zero attached hydrogens (tertiary/aromatic N) is 2. The smallest absolute Gasteiger partial charge is 0.260 e. The molecule has 0 saturated heterocycles. The summed E-state index contributed by atoms with van der Waals surface area (Å²) in [6, 6.07) is 17.4. The van der Waals surface area contributed by atoms with Crippen LogP contribution in [0.25, 0.3) is 11.3 Å². The number of anilines is 2. The Morgan fingerprint density at radius 3 is 2.59 bits per heavy atom. The number of aromatic nitrogens is 2. The molecule has 4 aromatic rings. The number of pyridine rings is 1. The lowest BCUT2D eigenvalue weighted by Gasteiger charge is -2.07. The van der Waals surface area contributed by atoms with Gasteiger partial charge in [0.15, 0.2) is 5.13 Å². The lowest BCUT2D eigenvalue weighted by molar-refractivity contribution is -0.114. The van der Waals surface area contributed by atoms with Crippen molar-refractivity contribution < 1.29 is 14.0 Å². The van der Waals surface area contributed by atoms with E-state index in [1.54, 1.807) is 29.8 Å². The second-order valence-corrected chi connectivity index (χ2v) is 8.56. The molecule has 6 nitrogen and oxygen atoms in total. The van der Waals surface area contributed by atoms with Crippen LogP contribution in [0.15, 0.2) is 82.2 Å². The average molecular weight is 465 g/mol. The minimum absolute atomic E-state index is 0.276. The van der Waals surface area contributed by atoms with Crippen molar-refractivity contribution >= 4 is 45.7 Å². The minimum Gasteiger partial charge on any atom is -0.326 e. The Bertz CT molecular complexity index is 1280. The number of rotatable bonds is 6. The summed E-state index contributed by atoms with van der Waals surface area (Å²) in [4.78, 5) is 33.7. The van der Waals surface area contributed by atoms with Crippen LogP contribution >= 0.6 is 23.1 Å². The van der Waals surface area contributed by atoms with Gasteiger partial charge in [0.25, 0.3) is 5.91 Å². The minimum atomic E-state index is -0.520. The molecule has 0 fully saturated rings. The molecule has 0 saturated carbocycles. The molecule has 0 unspecified atom stereocenters. The standard InChI is InChI=1S/C23H17FN4O2S2/c1-14(29)26-15-9-10-17(19(24)12-15)20-13-31-23(27-20)28-21(30)18-8-5-11-25-22(18)32-16-6-3-2-4-7-16/h2-13H,1H3,(H,26,29)(H,27,28,30). The SMILES string of the molecule is CC(=O)Nc1ccc(-c2csc(NC(=O)c3cccnc3Sc3ccccc3)n2)c(F)c1. The van der Waals surface area contributed by atoms with Crippen molar-refractivity contribution in [2.45, 2.75) is 16.8 Å². The Morgan fingerprint density at radius 1 is 1.03 bits per heavy atom. The summed E-state index contributed by atoms with van der Waals surface area (Å²) in [5.74, 6) is -1.15. The molecule has 2 aromatic heterocycles. The van der Waals surface area contributed by atoms with Crippen molar-refractivity contribution in [3.8, 4) is 11.3 Å². The maximum absolute atomic E-state index is 14.5. The highest BCUT2D eigenvalue weighted by molar-refractivity contribution is 7.99. The Morgan fingerprint density at radius 2 is 1.84 bits per heavy atom. The highest BCUT2D eigenvalue weighted by Crippen LogP contribution is 2.31. The number of thiazole rings is 1. The van der Waals surface area contributed by atoms with Crippen LogP contribution in [0.3, 0.4) is 0 Å². The van der Waals surface area contributed by atoms with Gasteiger partial charge < -0.3 is 5.32 Å². The molecule has 0 aliphatic rings. The number of carbonyl (C=O) groups is 2. The second-order valence-electron chi connectivity index (χ2n) is 6.64. The van der Waals surface area contributed by atoms with Crippen LogP contribution < -0.4 is 10.6 Å². The Hall–Kier alpha value is -3.56. The van der Waals surface area contributed by atoms with E-state index in [4.69, 9.17) is 0 Å². The number of hydrogen-bond acceptors (Lipinski definition) is 6. The van der Waals surface area contributed by atoms with Crippen molar-refractivity contribution in [1.82, 2.24) is 9.97 Å². The van der Waals surface area contributed by atoms with Gasteiger partial charge in [-0.25, -0.2) is 14.4 Å². The van der Waals surface area contributed by atoms with Gasteiger partial charge in [0.2, 0.25) is 5.91 Å².